The first kappa shape index (κ1) is 19.6. The highest BCUT2D eigenvalue weighted by Crippen LogP contribution is 2.27. The first-order chi connectivity index (χ1) is 13.4. The number of methoxy groups -OCH3 is 2. The highest BCUT2D eigenvalue weighted by molar-refractivity contribution is 7.16. The molecule has 0 aliphatic rings. The van der Waals surface area contributed by atoms with Gasteiger partial charge in [-0.3, -0.25) is 9.59 Å². The van der Waals surface area contributed by atoms with Gasteiger partial charge >= 0.3 is 0 Å². The molecule has 1 heterocycles. The van der Waals surface area contributed by atoms with E-state index in [1.807, 2.05) is 24.3 Å². The largest absolute Gasteiger partial charge is 0.493 e. The second kappa shape index (κ2) is 8.26. The highest BCUT2D eigenvalue weighted by Gasteiger charge is 2.14. The van der Waals surface area contributed by atoms with Gasteiger partial charge in [0, 0.05) is 19.7 Å². The lowest BCUT2D eigenvalue weighted by molar-refractivity contribution is -0.129. The lowest BCUT2D eigenvalue weighted by atomic mass is 10.2. The van der Waals surface area contributed by atoms with Gasteiger partial charge in [0.25, 0.3) is 5.91 Å². The zero-order valence-electron chi connectivity index (χ0n) is 16.1. The molecule has 0 N–H and O–H groups in total. The van der Waals surface area contributed by atoms with Crippen LogP contribution in [-0.4, -0.2) is 49.6 Å². The Bertz CT molecular complexity index is 1100. The van der Waals surface area contributed by atoms with Crippen molar-refractivity contribution in [3.8, 4) is 11.5 Å². The van der Waals surface area contributed by atoms with E-state index in [1.54, 1.807) is 36.9 Å². The molecule has 0 saturated carbocycles. The third kappa shape index (κ3) is 3.91. The van der Waals surface area contributed by atoms with Gasteiger partial charge in [-0.15, -0.1) is 0 Å². The average Bonchev–Trinajstić information content (AvgIpc) is 3.04. The van der Waals surface area contributed by atoms with Gasteiger partial charge in [-0.1, -0.05) is 23.5 Å². The number of amides is 2. The Morgan fingerprint density at radius 3 is 2.46 bits per heavy atom. The van der Waals surface area contributed by atoms with Crippen molar-refractivity contribution in [1.29, 1.82) is 0 Å². The van der Waals surface area contributed by atoms with E-state index < -0.39 is 5.91 Å². The van der Waals surface area contributed by atoms with Crippen LogP contribution in [0, 0.1) is 0 Å². The average molecular weight is 399 g/mol. The van der Waals surface area contributed by atoms with Crippen LogP contribution in [0.5, 0.6) is 11.5 Å². The summed E-state index contributed by atoms with van der Waals surface area (Å²) in [5.41, 5.74) is 1.24. The third-order valence-electron chi connectivity index (χ3n) is 4.21. The van der Waals surface area contributed by atoms with Crippen LogP contribution in [0.15, 0.2) is 47.5 Å². The number of rotatable bonds is 5. The Labute approximate surface area is 166 Å². The normalized spacial score (nSPS) is 11.5. The molecule has 2 amide bonds. The molecule has 0 radical (unpaired) electrons. The predicted molar refractivity (Wildman–Crippen MR) is 108 cm³/mol. The third-order valence-corrected chi connectivity index (χ3v) is 5.27. The van der Waals surface area contributed by atoms with Crippen LogP contribution in [0.2, 0.25) is 0 Å². The fourth-order valence-electron chi connectivity index (χ4n) is 2.66. The first-order valence-electron chi connectivity index (χ1n) is 8.54. The van der Waals surface area contributed by atoms with Crippen molar-refractivity contribution in [2.75, 3.05) is 28.3 Å². The molecule has 0 saturated heterocycles. The molecule has 146 valence electrons. The number of carbonyl (C=O) groups excluding carboxylic acids is 2. The smallest absolute Gasteiger partial charge is 0.279 e. The topological polar surface area (TPSA) is 73.1 Å². The zero-order chi connectivity index (χ0) is 20.3. The molecule has 1 aromatic heterocycles. The summed E-state index contributed by atoms with van der Waals surface area (Å²) in [6, 6.07) is 12.5. The van der Waals surface area contributed by atoms with Gasteiger partial charge in [-0.05, 0) is 30.3 Å². The van der Waals surface area contributed by atoms with E-state index in [2.05, 4.69) is 4.99 Å². The van der Waals surface area contributed by atoms with Crippen molar-refractivity contribution in [2.24, 2.45) is 4.99 Å². The fourth-order valence-corrected chi connectivity index (χ4v) is 3.68. The van der Waals surface area contributed by atoms with Crippen molar-refractivity contribution in [1.82, 2.24) is 9.47 Å². The molecule has 0 fully saturated rings. The maximum atomic E-state index is 12.8. The molecular formula is C20H21N3O4S. The van der Waals surface area contributed by atoms with Gasteiger partial charge < -0.3 is 18.9 Å². The van der Waals surface area contributed by atoms with E-state index >= 15 is 0 Å². The number of benzene rings is 2. The van der Waals surface area contributed by atoms with Crippen LogP contribution in [0.4, 0.5) is 0 Å². The van der Waals surface area contributed by atoms with Gasteiger partial charge in [0.2, 0.25) is 5.91 Å². The lowest BCUT2D eigenvalue weighted by Crippen LogP contribution is -2.30. The van der Waals surface area contributed by atoms with Crippen molar-refractivity contribution in [3.63, 3.8) is 0 Å². The van der Waals surface area contributed by atoms with E-state index in [0.717, 1.165) is 10.2 Å². The SMILES string of the molecule is COc1ccc(C(=O)N=c2sc3ccccc3n2CC(=O)N(C)C)cc1OC. The molecule has 2 aromatic carbocycles. The van der Waals surface area contributed by atoms with Gasteiger partial charge in [-0.2, -0.15) is 4.99 Å². The molecular weight excluding hydrogens is 378 g/mol. The van der Waals surface area contributed by atoms with Gasteiger partial charge in [0.05, 0.1) is 24.4 Å². The minimum atomic E-state index is -0.418. The number of likely N-dealkylation sites (N-methyl/N-ethyl adjacent to an activating group) is 1. The van der Waals surface area contributed by atoms with Crippen LogP contribution in [0.3, 0.4) is 0 Å². The summed E-state index contributed by atoms with van der Waals surface area (Å²) in [5.74, 6) is 0.491. The number of ether oxygens (including phenoxy) is 2. The summed E-state index contributed by atoms with van der Waals surface area (Å²) in [6.45, 7) is 0.106. The summed E-state index contributed by atoms with van der Waals surface area (Å²) in [6.07, 6.45) is 0. The Morgan fingerprint density at radius 1 is 1.07 bits per heavy atom. The minimum absolute atomic E-state index is 0.0800. The van der Waals surface area contributed by atoms with E-state index in [0.29, 0.717) is 21.9 Å². The summed E-state index contributed by atoms with van der Waals surface area (Å²) in [7, 11) is 6.44. The second-order valence-corrected chi connectivity index (χ2v) is 7.22. The molecule has 3 rings (SSSR count). The van der Waals surface area contributed by atoms with Crippen LogP contribution in [0.1, 0.15) is 10.4 Å². The van der Waals surface area contributed by atoms with Gasteiger partial charge in [0.15, 0.2) is 16.3 Å². The lowest BCUT2D eigenvalue weighted by Gasteiger charge is -2.11. The molecule has 0 bridgehead atoms. The Hall–Kier alpha value is -3.13. The van der Waals surface area contributed by atoms with Crippen LogP contribution in [0.25, 0.3) is 10.2 Å². The summed E-state index contributed by atoms with van der Waals surface area (Å²) < 4.78 is 13.2. The molecule has 0 aliphatic carbocycles. The molecule has 0 atom stereocenters. The van der Waals surface area contributed by atoms with Crippen molar-refractivity contribution < 1.29 is 19.1 Å². The Balaban J connectivity index is 2.08. The maximum Gasteiger partial charge on any atom is 0.279 e. The Kier molecular flexibility index (Phi) is 5.79. The number of hydrogen-bond acceptors (Lipinski definition) is 5. The van der Waals surface area contributed by atoms with E-state index in [4.69, 9.17) is 9.47 Å². The second-order valence-electron chi connectivity index (χ2n) is 6.21. The molecule has 28 heavy (non-hydrogen) atoms. The van der Waals surface area contributed by atoms with Crippen LogP contribution in [-0.2, 0) is 11.3 Å². The number of thiazole rings is 1. The molecule has 0 unspecified atom stereocenters. The number of para-hydroxylation sites is 1. The molecule has 7 nitrogen and oxygen atoms in total. The van der Waals surface area contributed by atoms with Gasteiger partial charge in [-0.25, -0.2) is 0 Å². The van der Waals surface area contributed by atoms with Crippen molar-refractivity contribution in [2.45, 2.75) is 6.54 Å². The van der Waals surface area contributed by atoms with Crippen LogP contribution < -0.4 is 14.3 Å². The molecule has 0 aliphatic heterocycles. The summed E-state index contributed by atoms with van der Waals surface area (Å²) in [5, 5.41) is 0. The van der Waals surface area contributed by atoms with Crippen molar-refractivity contribution >= 4 is 33.4 Å². The number of aromatic nitrogens is 1. The monoisotopic (exact) mass is 399 g/mol. The molecule has 8 heteroatoms. The summed E-state index contributed by atoms with van der Waals surface area (Å²) >= 11 is 1.37. The van der Waals surface area contributed by atoms with Gasteiger partial charge in [0.1, 0.15) is 6.54 Å². The van der Waals surface area contributed by atoms with E-state index in [9.17, 15) is 9.59 Å². The Morgan fingerprint density at radius 2 is 1.79 bits per heavy atom. The number of fused-ring (bicyclic) bond motifs is 1. The number of carbonyl (C=O) groups is 2. The van der Waals surface area contributed by atoms with Crippen molar-refractivity contribution in [3.05, 3.63) is 52.8 Å². The fraction of sp³-hybridized carbons (Fsp3) is 0.250. The molecule has 3 aromatic rings. The minimum Gasteiger partial charge on any atom is -0.493 e. The molecule has 0 spiro atoms. The standard InChI is InChI=1S/C20H21N3O4S/c1-22(2)18(24)12-23-14-7-5-6-8-17(14)28-20(23)21-19(25)13-9-10-15(26-3)16(11-13)27-4/h5-11H,12H2,1-4H3. The quantitative estimate of drug-likeness (QED) is 0.661. The summed E-state index contributed by atoms with van der Waals surface area (Å²) in [4.78, 5) is 31.3. The predicted octanol–water partition coefficient (Wildman–Crippen LogP) is 2.55. The number of nitrogens with zero attached hydrogens (tertiary/aromatic N) is 3. The number of hydrogen-bond donors (Lipinski definition) is 0. The maximum absolute atomic E-state index is 12.8. The van der Waals surface area contributed by atoms with E-state index in [-0.39, 0.29) is 12.5 Å². The zero-order valence-corrected chi connectivity index (χ0v) is 16.9. The first-order valence-corrected chi connectivity index (χ1v) is 9.36. The van der Waals surface area contributed by atoms with E-state index in [1.165, 1.54) is 30.5 Å². The van der Waals surface area contributed by atoms with Crippen LogP contribution >= 0.6 is 11.3 Å². The highest BCUT2D eigenvalue weighted by atomic mass is 32.1.